The second-order valence-corrected chi connectivity index (χ2v) is 11.2. The number of carbonyl (C=O) groups is 1. The third kappa shape index (κ3) is 2.31. The van der Waals surface area contributed by atoms with Gasteiger partial charge in [-0.3, -0.25) is 4.79 Å². The summed E-state index contributed by atoms with van der Waals surface area (Å²) in [6, 6.07) is 0. The Morgan fingerprint density at radius 2 is 1.77 bits per heavy atom. The highest BCUT2D eigenvalue weighted by Crippen LogP contribution is 2.67. The van der Waals surface area contributed by atoms with Crippen molar-refractivity contribution in [3.8, 4) is 0 Å². The summed E-state index contributed by atoms with van der Waals surface area (Å²) in [5, 5.41) is 0. The minimum absolute atomic E-state index is 0.303. The third-order valence-corrected chi connectivity index (χ3v) is 10.4. The molecule has 7 atom stereocenters. The molecule has 0 heterocycles. The van der Waals surface area contributed by atoms with Gasteiger partial charge in [0.15, 0.2) is 0 Å². The topological polar surface area (TPSA) is 17.1 Å². The van der Waals surface area contributed by atoms with Gasteiger partial charge in [0.05, 0.1) is 0 Å². The van der Waals surface area contributed by atoms with Gasteiger partial charge in [-0.25, -0.2) is 0 Å². The predicted molar refractivity (Wildman–Crippen MR) is 107 cm³/mol. The van der Waals surface area contributed by atoms with E-state index in [0.29, 0.717) is 22.5 Å². The van der Waals surface area contributed by atoms with E-state index in [2.05, 4.69) is 19.9 Å². The molecule has 4 fully saturated rings. The van der Waals surface area contributed by atoms with Crippen LogP contribution in [0.25, 0.3) is 0 Å². The Bertz CT molecular complexity index is 628. The van der Waals surface area contributed by atoms with Crippen molar-refractivity contribution in [2.24, 2.45) is 46.3 Å². The Balaban J connectivity index is 1.41. The summed E-state index contributed by atoms with van der Waals surface area (Å²) in [5.74, 6) is 5.42. The van der Waals surface area contributed by atoms with Gasteiger partial charge in [0.25, 0.3) is 0 Å². The Hall–Kier alpha value is -0.590. The van der Waals surface area contributed by atoms with Crippen molar-refractivity contribution >= 4 is 5.78 Å². The van der Waals surface area contributed by atoms with E-state index in [-0.39, 0.29) is 0 Å². The van der Waals surface area contributed by atoms with Crippen LogP contribution in [0.15, 0.2) is 11.6 Å². The molecule has 0 N–H and O–H groups in total. The molecule has 1 heteroatoms. The highest BCUT2D eigenvalue weighted by Gasteiger charge is 2.59. The van der Waals surface area contributed by atoms with Crippen LogP contribution in [0.1, 0.15) is 91.4 Å². The number of ketones is 1. The predicted octanol–water partition coefficient (Wildman–Crippen LogP) is 6.57. The van der Waals surface area contributed by atoms with E-state index >= 15 is 0 Å². The third-order valence-electron chi connectivity index (χ3n) is 10.4. The number of Topliss-reactive ketones (excluding diaryl/α,β-unsaturated/α-hetero) is 1. The number of fused-ring (bicyclic) bond motifs is 5. The first-order chi connectivity index (χ1) is 12.4. The normalized spacial score (nSPS) is 50.9. The van der Waals surface area contributed by atoms with Crippen molar-refractivity contribution in [3.63, 3.8) is 0 Å². The molecule has 0 aliphatic heterocycles. The first-order valence-electron chi connectivity index (χ1n) is 11.6. The van der Waals surface area contributed by atoms with Crippen molar-refractivity contribution in [2.75, 3.05) is 0 Å². The number of allylic oxidation sites excluding steroid dienone is 2. The van der Waals surface area contributed by atoms with E-state index in [9.17, 15) is 4.79 Å². The van der Waals surface area contributed by atoms with Crippen LogP contribution >= 0.6 is 0 Å². The van der Waals surface area contributed by atoms with Gasteiger partial charge in [0.1, 0.15) is 5.78 Å². The molecule has 0 saturated heterocycles. The zero-order valence-electron chi connectivity index (χ0n) is 17.2. The molecule has 0 aromatic carbocycles. The summed E-state index contributed by atoms with van der Waals surface area (Å²) in [6.45, 7) is 6.96. The number of rotatable bonds is 2. The second-order valence-electron chi connectivity index (χ2n) is 11.2. The Kier molecular flexibility index (Phi) is 4.01. The highest BCUT2D eigenvalue weighted by molar-refractivity contribution is 5.79. The van der Waals surface area contributed by atoms with Crippen molar-refractivity contribution in [3.05, 3.63) is 11.6 Å². The van der Waals surface area contributed by atoms with Crippen molar-refractivity contribution < 1.29 is 4.79 Å². The first-order valence-corrected chi connectivity index (χ1v) is 11.6. The quantitative estimate of drug-likeness (QED) is 0.512. The van der Waals surface area contributed by atoms with Gasteiger partial charge >= 0.3 is 0 Å². The summed E-state index contributed by atoms with van der Waals surface area (Å²) in [6.07, 6.45) is 18.0. The summed E-state index contributed by atoms with van der Waals surface area (Å²) in [4.78, 5) is 12.3. The number of hydrogen-bond donors (Lipinski definition) is 0. The zero-order valence-corrected chi connectivity index (χ0v) is 17.2. The van der Waals surface area contributed by atoms with Crippen LogP contribution < -0.4 is 0 Å². The lowest BCUT2D eigenvalue weighted by molar-refractivity contribution is -0.127. The van der Waals surface area contributed by atoms with E-state index in [1.54, 1.807) is 0 Å². The summed E-state index contributed by atoms with van der Waals surface area (Å²) in [5.41, 5.74) is 2.64. The van der Waals surface area contributed by atoms with Crippen LogP contribution in [0, 0.1) is 46.3 Å². The van der Waals surface area contributed by atoms with Gasteiger partial charge in [-0.15, -0.1) is 0 Å². The van der Waals surface area contributed by atoms with Gasteiger partial charge in [-0.2, -0.15) is 0 Å². The van der Waals surface area contributed by atoms with Crippen molar-refractivity contribution in [1.82, 2.24) is 0 Å². The van der Waals surface area contributed by atoms with E-state index in [1.807, 2.05) is 12.5 Å². The molecular weight excluding hydrogens is 316 g/mol. The largest absolute Gasteiger partial charge is 0.300 e. The average Bonchev–Trinajstić information content (AvgIpc) is 2.91. The lowest BCUT2D eigenvalue weighted by atomic mass is 9.46. The maximum atomic E-state index is 12.3. The fourth-order valence-corrected chi connectivity index (χ4v) is 8.67. The zero-order chi connectivity index (χ0) is 18.1. The smallest absolute Gasteiger partial charge is 0.133 e. The molecule has 144 valence electrons. The second kappa shape index (κ2) is 5.95. The van der Waals surface area contributed by atoms with Gasteiger partial charge in [0, 0.05) is 5.92 Å². The molecule has 0 radical (unpaired) electrons. The molecular formula is C25H38O. The number of hydrogen-bond acceptors (Lipinski definition) is 1. The minimum Gasteiger partial charge on any atom is -0.300 e. The fourth-order valence-electron chi connectivity index (χ4n) is 8.67. The van der Waals surface area contributed by atoms with Gasteiger partial charge in [-0.05, 0) is 98.7 Å². The molecule has 5 aliphatic carbocycles. The standard InChI is InChI=1S/C25H38O/c1-16(26)21-9-10-22-20-8-7-19-15-18(17-5-4-6-17)11-13-24(19,2)23(20)12-14-25(21,22)3/h7,17-18,20-23H,4-6,8-15H2,1-3H3. The molecule has 0 spiro atoms. The molecule has 0 bridgehead atoms. The minimum atomic E-state index is 0.303. The molecule has 0 amide bonds. The Labute approximate surface area is 160 Å². The van der Waals surface area contributed by atoms with Gasteiger partial charge < -0.3 is 0 Å². The lowest BCUT2D eigenvalue weighted by Gasteiger charge is -2.58. The van der Waals surface area contributed by atoms with E-state index in [0.717, 1.165) is 36.0 Å². The molecule has 26 heavy (non-hydrogen) atoms. The van der Waals surface area contributed by atoms with E-state index in [1.165, 1.54) is 64.2 Å². The van der Waals surface area contributed by atoms with Crippen LogP contribution in [0.4, 0.5) is 0 Å². The average molecular weight is 355 g/mol. The maximum absolute atomic E-state index is 12.3. The van der Waals surface area contributed by atoms with Crippen LogP contribution in [0.3, 0.4) is 0 Å². The summed E-state index contributed by atoms with van der Waals surface area (Å²) < 4.78 is 0. The van der Waals surface area contributed by atoms with Gasteiger partial charge in [-0.1, -0.05) is 44.8 Å². The van der Waals surface area contributed by atoms with Gasteiger partial charge in [0.2, 0.25) is 0 Å². The first kappa shape index (κ1) is 17.5. The Morgan fingerprint density at radius 1 is 0.962 bits per heavy atom. The molecule has 7 unspecified atom stereocenters. The SMILES string of the molecule is CC(=O)C1CCC2C3CC=C4CC(C5CCC5)CCC4(C)C3CCC12C. The monoisotopic (exact) mass is 354 g/mol. The molecule has 0 aromatic heterocycles. The van der Waals surface area contributed by atoms with E-state index in [4.69, 9.17) is 0 Å². The van der Waals surface area contributed by atoms with Crippen LogP contribution in [-0.2, 0) is 4.79 Å². The Morgan fingerprint density at radius 3 is 2.46 bits per heavy atom. The highest BCUT2D eigenvalue weighted by atomic mass is 16.1. The molecule has 1 nitrogen and oxygen atoms in total. The van der Waals surface area contributed by atoms with Crippen molar-refractivity contribution in [2.45, 2.75) is 91.4 Å². The maximum Gasteiger partial charge on any atom is 0.133 e. The van der Waals surface area contributed by atoms with E-state index < -0.39 is 0 Å². The summed E-state index contributed by atoms with van der Waals surface area (Å²) in [7, 11) is 0. The molecule has 5 aliphatic rings. The molecule has 0 aromatic rings. The van der Waals surface area contributed by atoms with Crippen LogP contribution in [0.2, 0.25) is 0 Å². The van der Waals surface area contributed by atoms with Crippen LogP contribution in [0.5, 0.6) is 0 Å². The fraction of sp³-hybridized carbons (Fsp3) is 0.880. The number of carbonyl (C=O) groups excluding carboxylic acids is 1. The van der Waals surface area contributed by atoms with Crippen LogP contribution in [-0.4, -0.2) is 5.78 Å². The molecule has 4 saturated carbocycles. The summed E-state index contributed by atoms with van der Waals surface area (Å²) >= 11 is 0. The molecule has 5 rings (SSSR count). The lowest BCUT2D eigenvalue weighted by Crippen LogP contribution is -2.51. The van der Waals surface area contributed by atoms with Crippen molar-refractivity contribution in [1.29, 1.82) is 0 Å².